The number of thiophene rings is 1. The minimum Gasteiger partial charge on any atom is -0.307 e. The van der Waals surface area contributed by atoms with Crippen LogP contribution in [0.2, 0.25) is 0 Å². The van der Waals surface area contributed by atoms with Crippen LogP contribution >= 0.6 is 43.2 Å². The van der Waals surface area contributed by atoms with Crippen molar-refractivity contribution < 1.29 is 0 Å². The van der Waals surface area contributed by atoms with Crippen molar-refractivity contribution in [1.82, 2.24) is 15.1 Å². The summed E-state index contributed by atoms with van der Waals surface area (Å²) in [7, 11) is 1.98. The molecule has 0 saturated carbocycles. The molecule has 0 saturated heterocycles. The summed E-state index contributed by atoms with van der Waals surface area (Å²) in [5.74, 6) is 0. The van der Waals surface area contributed by atoms with Gasteiger partial charge in [0.1, 0.15) is 0 Å². The lowest BCUT2D eigenvalue weighted by molar-refractivity contribution is 0.486. The van der Waals surface area contributed by atoms with Crippen molar-refractivity contribution in [2.24, 2.45) is 0 Å². The first-order valence-electron chi connectivity index (χ1n) is 5.70. The van der Waals surface area contributed by atoms with E-state index >= 15 is 0 Å². The van der Waals surface area contributed by atoms with E-state index in [0.29, 0.717) is 6.04 Å². The summed E-state index contributed by atoms with van der Waals surface area (Å²) >= 11 is 8.82. The van der Waals surface area contributed by atoms with E-state index in [1.165, 1.54) is 10.6 Å². The maximum atomic E-state index is 4.40. The number of nitrogens with one attached hydrogen (secondary N) is 1. The maximum absolute atomic E-state index is 4.40. The molecule has 0 bridgehead atoms. The number of rotatable bonds is 4. The highest BCUT2D eigenvalue weighted by Gasteiger charge is 2.20. The smallest absolute Gasteiger partial charge is 0.0843 e. The van der Waals surface area contributed by atoms with Crippen LogP contribution in [0.15, 0.2) is 26.6 Å². The maximum Gasteiger partial charge on any atom is 0.0843 e. The minimum absolute atomic E-state index is 0.169. The lowest BCUT2D eigenvalue weighted by atomic mass is 10.1. The van der Waals surface area contributed by atoms with Gasteiger partial charge in [-0.05, 0) is 64.9 Å². The van der Waals surface area contributed by atoms with Crippen LogP contribution in [-0.2, 0) is 0 Å². The van der Waals surface area contributed by atoms with Crippen molar-refractivity contribution in [2.75, 3.05) is 7.05 Å². The Morgan fingerprint density at radius 3 is 2.61 bits per heavy atom. The summed E-state index contributed by atoms with van der Waals surface area (Å²) in [6.07, 6.45) is 1.86. The number of hydrogen-bond acceptors (Lipinski definition) is 3. The van der Waals surface area contributed by atoms with Gasteiger partial charge >= 0.3 is 0 Å². The molecule has 2 aromatic rings. The fourth-order valence-electron chi connectivity index (χ4n) is 1.93. The molecule has 6 heteroatoms. The molecule has 0 amide bonds. The lowest BCUT2D eigenvalue weighted by Crippen LogP contribution is -2.21. The number of nitrogens with zero attached hydrogens (tertiary/aromatic N) is 2. The molecule has 0 aromatic carbocycles. The van der Waals surface area contributed by atoms with E-state index in [0.717, 1.165) is 8.26 Å². The second-order valence-electron chi connectivity index (χ2n) is 4.29. The molecule has 2 rings (SSSR count). The Morgan fingerprint density at radius 2 is 2.11 bits per heavy atom. The van der Waals surface area contributed by atoms with E-state index in [4.69, 9.17) is 0 Å². The molecule has 2 aromatic heterocycles. The van der Waals surface area contributed by atoms with E-state index in [2.05, 4.69) is 72.9 Å². The van der Waals surface area contributed by atoms with Crippen molar-refractivity contribution >= 4 is 43.2 Å². The quantitative estimate of drug-likeness (QED) is 0.837. The van der Waals surface area contributed by atoms with Gasteiger partial charge in [0.15, 0.2) is 0 Å². The topological polar surface area (TPSA) is 29.9 Å². The highest BCUT2D eigenvalue weighted by molar-refractivity contribution is 9.13. The van der Waals surface area contributed by atoms with Gasteiger partial charge in [-0.3, -0.25) is 4.68 Å². The molecule has 0 aliphatic carbocycles. The van der Waals surface area contributed by atoms with Gasteiger partial charge < -0.3 is 5.32 Å². The normalized spacial score (nSPS) is 13.2. The fraction of sp³-hybridized carbons (Fsp3) is 0.417. The lowest BCUT2D eigenvalue weighted by Gasteiger charge is -2.18. The average molecular weight is 393 g/mol. The molecule has 18 heavy (non-hydrogen) atoms. The van der Waals surface area contributed by atoms with Gasteiger partial charge in [-0.2, -0.15) is 5.10 Å². The van der Waals surface area contributed by atoms with Crippen LogP contribution in [0.25, 0.3) is 0 Å². The van der Waals surface area contributed by atoms with Crippen LogP contribution in [0.5, 0.6) is 0 Å². The zero-order valence-electron chi connectivity index (χ0n) is 10.4. The van der Waals surface area contributed by atoms with Crippen molar-refractivity contribution in [3.05, 3.63) is 37.2 Å². The summed E-state index contributed by atoms with van der Waals surface area (Å²) in [5.41, 5.74) is 1.19. The second-order valence-corrected chi connectivity index (χ2v) is 7.54. The van der Waals surface area contributed by atoms with Crippen molar-refractivity contribution in [3.63, 3.8) is 0 Å². The molecule has 0 aliphatic heterocycles. The predicted molar refractivity (Wildman–Crippen MR) is 83.2 cm³/mol. The molecule has 1 unspecified atom stereocenters. The van der Waals surface area contributed by atoms with Gasteiger partial charge in [0.2, 0.25) is 0 Å². The first-order valence-corrected chi connectivity index (χ1v) is 8.10. The van der Waals surface area contributed by atoms with Crippen LogP contribution in [0.4, 0.5) is 0 Å². The number of halogens is 2. The largest absolute Gasteiger partial charge is 0.307 e. The first kappa shape index (κ1) is 14.2. The molecule has 2 heterocycles. The summed E-state index contributed by atoms with van der Waals surface area (Å²) in [6.45, 7) is 4.28. The summed E-state index contributed by atoms with van der Waals surface area (Å²) in [6, 6.07) is 4.75. The van der Waals surface area contributed by atoms with Gasteiger partial charge in [-0.1, -0.05) is 0 Å². The third kappa shape index (κ3) is 2.71. The average Bonchev–Trinajstić information content (AvgIpc) is 2.89. The van der Waals surface area contributed by atoms with Gasteiger partial charge in [0, 0.05) is 21.6 Å². The minimum atomic E-state index is 0.169. The highest BCUT2D eigenvalue weighted by Crippen LogP contribution is 2.37. The zero-order valence-corrected chi connectivity index (χ0v) is 14.4. The molecule has 1 N–H and O–H groups in total. The van der Waals surface area contributed by atoms with Crippen LogP contribution in [0.3, 0.4) is 0 Å². The molecule has 0 fully saturated rings. The van der Waals surface area contributed by atoms with E-state index in [1.54, 1.807) is 11.3 Å². The SMILES string of the molecule is CNC(c1cc(Br)c(Br)s1)c1ccnn1C(C)C. The molecule has 0 radical (unpaired) electrons. The summed E-state index contributed by atoms with van der Waals surface area (Å²) < 4.78 is 4.27. The van der Waals surface area contributed by atoms with E-state index in [1.807, 2.05) is 13.2 Å². The Labute approximate surface area is 128 Å². The monoisotopic (exact) mass is 391 g/mol. The molecule has 98 valence electrons. The van der Waals surface area contributed by atoms with Gasteiger partial charge in [-0.15, -0.1) is 11.3 Å². The van der Waals surface area contributed by atoms with E-state index in [9.17, 15) is 0 Å². The van der Waals surface area contributed by atoms with Crippen molar-refractivity contribution in [3.8, 4) is 0 Å². The van der Waals surface area contributed by atoms with E-state index in [-0.39, 0.29) is 6.04 Å². The Kier molecular flexibility index (Phi) is 4.64. The molecule has 3 nitrogen and oxygen atoms in total. The van der Waals surface area contributed by atoms with Crippen LogP contribution < -0.4 is 5.32 Å². The summed E-state index contributed by atoms with van der Waals surface area (Å²) in [4.78, 5) is 1.26. The zero-order chi connectivity index (χ0) is 13.3. The van der Waals surface area contributed by atoms with Crippen LogP contribution in [0.1, 0.15) is 36.5 Å². The Hall–Kier alpha value is -0.170. The van der Waals surface area contributed by atoms with Gasteiger partial charge in [0.05, 0.1) is 15.5 Å². The van der Waals surface area contributed by atoms with Gasteiger partial charge in [0.25, 0.3) is 0 Å². The van der Waals surface area contributed by atoms with Crippen molar-refractivity contribution in [2.45, 2.75) is 25.9 Å². The van der Waals surface area contributed by atoms with Crippen LogP contribution in [0, 0.1) is 0 Å². The number of aromatic nitrogens is 2. The van der Waals surface area contributed by atoms with Crippen LogP contribution in [-0.4, -0.2) is 16.8 Å². The second kappa shape index (κ2) is 5.86. The standard InChI is InChI=1S/C12H15Br2N3S/c1-7(2)17-9(4-5-16-17)11(15-3)10-6-8(13)12(14)18-10/h4-7,11,15H,1-3H3. The fourth-order valence-corrected chi connectivity index (χ4v) is 4.14. The molecule has 1 atom stereocenters. The third-order valence-electron chi connectivity index (χ3n) is 2.72. The molecular weight excluding hydrogens is 378 g/mol. The molecule has 0 aliphatic rings. The molecule has 0 spiro atoms. The first-order chi connectivity index (χ1) is 8.54. The Balaban J connectivity index is 2.42. The van der Waals surface area contributed by atoms with Crippen molar-refractivity contribution in [1.29, 1.82) is 0 Å². The Morgan fingerprint density at radius 1 is 1.39 bits per heavy atom. The number of hydrogen-bond donors (Lipinski definition) is 1. The van der Waals surface area contributed by atoms with Gasteiger partial charge in [-0.25, -0.2) is 0 Å². The third-order valence-corrected chi connectivity index (χ3v) is 6.04. The predicted octanol–water partition coefficient (Wildman–Crippen LogP) is 4.36. The van der Waals surface area contributed by atoms with E-state index < -0.39 is 0 Å². The summed E-state index contributed by atoms with van der Waals surface area (Å²) in [5, 5.41) is 7.76. The Bertz CT molecular complexity index is 514. The molecular formula is C12H15Br2N3S. The highest BCUT2D eigenvalue weighted by atomic mass is 79.9.